The van der Waals surface area contributed by atoms with Crippen LogP contribution in [0.4, 0.5) is 11.4 Å². The maximum absolute atomic E-state index is 12.4. The van der Waals surface area contributed by atoms with Crippen molar-refractivity contribution in [2.24, 2.45) is 0 Å². The maximum atomic E-state index is 12.4. The molecule has 0 radical (unpaired) electrons. The summed E-state index contributed by atoms with van der Waals surface area (Å²) in [5.41, 5.74) is 1.86. The number of amides is 2. The molecule has 7 nitrogen and oxygen atoms in total. The Morgan fingerprint density at radius 2 is 2.12 bits per heavy atom. The summed E-state index contributed by atoms with van der Waals surface area (Å²) in [6, 6.07) is 7.20. The van der Waals surface area contributed by atoms with E-state index in [4.69, 9.17) is 4.74 Å². The van der Waals surface area contributed by atoms with E-state index in [9.17, 15) is 9.59 Å². The number of hydrogen-bond acceptors (Lipinski definition) is 5. The van der Waals surface area contributed by atoms with Crippen LogP contribution in [0.1, 0.15) is 19.8 Å². The molecule has 0 aliphatic carbocycles. The van der Waals surface area contributed by atoms with Gasteiger partial charge >= 0.3 is 0 Å². The Labute approximate surface area is 148 Å². The van der Waals surface area contributed by atoms with Gasteiger partial charge < -0.3 is 25.6 Å². The van der Waals surface area contributed by atoms with Crippen LogP contribution in [-0.2, 0) is 14.3 Å². The monoisotopic (exact) mass is 346 g/mol. The Kier molecular flexibility index (Phi) is 5.88. The maximum Gasteiger partial charge on any atom is 0.251 e. The number of carbonyl (C=O) groups excluding carboxylic acids is 2. The number of carbonyl (C=O) groups is 2. The summed E-state index contributed by atoms with van der Waals surface area (Å²) in [4.78, 5) is 26.8. The minimum Gasteiger partial charge on any atom is -0.371 e. The molecule has 136 valence electrons. The number of rotatable bonds is 5. The highest BCUT2D eigenvalue weighted by Gasteiger charge is 2.25. The van der Waals surface area contributed by atoms with E-state index in [2.05, 4.69) is 26.9 Å². The lowest BCUT2D eigenvalue weighted by Gasteiger charge is -2.24. The zero-order chi connectivity index (χ0) is 17.6. The third kappa shape index (κ3) is 4.70. The second-order valence-corrected chi connectivity index (χ2v) is 6.53. The molecule has 1 aromatic carbocycles. The van der Waals surface area contributed by atoms with Gasteiger partial charge in [0.15, 0.2) is 0 Å². The van der Waals surface area contributed by atoms with Crippen molar-refractivity contribution in [2.75, 3.05) is 43.0 Å². The van der Waals surface area contributed by atoms with Gasteiger partial charge in [0, 0.05) is 37.6 Å². The van der Waals surface area contributed by atoms with E-state index in [0.717, 1.165) is 31.0 Å². The smallest absolute Gasteiger partial charge is 0.251 e. The Hall–Kier alpha value is -2.12. The van der Waals surface area contributed by atoms with Crippen LogP contribution in [0.3, 0.4) is 0 Å². The Balaban J connectivity index is 1.54. The van der Waals surface area contributed by atoms with Crippen molar-refractivity contribution in [3.8, 4) is 0 Å². The second kappa shape index (κ2) is 8.31. The number of hydrogen-bond donors (Lipinski definition) is 3. The molecule has 0 saturated carbocycles. The van der Waals surface area contributed by atoms with E-state index in [1.54, 1.807) is 6.92 Å². The highest BCUT2D eigenvalue weighted by Crippen LogP contribution is 2.23. The molecule has 0 aromatic heterocycles. The highest BCUT2D eigenvalue weighted by atomic mass is 16.5. The quantitative estimate of drug-likeness (QED) is 0.732. The van der Waals surface area contributed by atoms with Gasteiger partial charge in [0.05, 0.1) is 6.61 Å². The van der Waals surface area contributed by atoms with Crippen molar-refractivity contribution < 1.29 is 14.3 Å². The molecule has 2 aliphatic rings. The number of benzene rings is 1. The summed E-state index contributed by atoms with van der Waals surface area (Å²) < 4.78 is 5.40. The fourth-order valence-electron chi connectivity index (χ4n) is 3.11. The molecule has 0 spiro atoms. The first-order chi connectivity index (χ1) is 12.1. The van der Waals surface area contributed by atoms with Crippen molar-refractivity contribution in [2.45, 2.75) is 31.9 Å². The topological polar surface area (TPSA) is 82.7 Å². The predicted molar refractivity (Wildman–Crippen MR) is 96.7 cm³/mol. The first-order valence-electron chi connectivity index (χ1n) is 8.92. The largest absolute Gasteiger partial charge is 0.371 e. The number of nitrogens with zero attached hydrogens (tertiary/aromatic N) is 1. The molecular weight excluding hydrogens is 320 g/mol. The Morgan fingerprint density at radius 1 is 1.32 bits per heavy atom. The van der Waals surface area contributed by atoms with Crippen molar-refractivity contribution >= 4 is 23.2 Å². The lowest BCUT2D eigenvalue weighted by atomic mass is 10.2. The van der Waals surface area contributed by atoms with Crippen LogP contribution >= 0.6 is 0 Å². The summed E-state index contributed by atoms with van der Waals surface area (Å²) in [5.74, 6) is -0.503. The van der Waals surface area contributed by atoms with Crippen LogP contribution in [0.25, 0.3) is 0 Å². The molecule has 7 heteroatoms. The molecule has 2 aliphatic heterocycles. The van der Waals surface area contributed by atoms with Gasteiger partial charge in [-0.1, -0.05) is 6.07 Å². The molecule has 0 bridgehead atoms. The molecule has 2 fully saturated rings. The minimum absolute atomic E-state index is 0.240. The Morgan fingerprint density at radius 3 is 2.84 bits per heavy atom. The molecular formula is C18H26N4O3. The van der Waals surface area contributed by atoms with E-state index in [-0.39, 0.29) is 11.8 Å². The fraction of sp³-hybridized carbons (Fsp3) is 0.556. The average molecular weight is 346 g/mol. The number of anilines is 2. The van der Waals surface area contributed by atoms with E-state index in [1.807, 2.05) is 18.2 Å². The molecule has 3 rings (SSSR count). The number of nitrogens with one attached hydrogen (secondary N) is 3. The normalized spacial score (nSPS) is 21.6. The lowest BCUT2D eigenvalue weighted by Crippen LogP contribution is -2.52. The molecule has 2 saturated heterocycles. The van der Waals surface area contributed by atoms with Crippen LogP contribution in [0.5, 0.6) is 0 Å². The van der Waals surface area contributed by atoms with Gasteiger partial charge in [0.25, 0.3) is 5.91 Å². The van der Waals surface area contributed by atoms with Crippen LogP contribution in [0.2, 0.25) is 0 Å². The van der Waals surface area contributed by atoms with Crippen LogP contribution in [-0.4, -0.2) is 56.7 Å². The molecule has 2 unspecified atom stereocenters. The van der Waals surface area contributed by atoms with Crippen LogP contribution in [0, 0.1) is 0 Å². The third-order valence-corrected chi connectivity index (χ3v) is 4.56. The molecule has 1 aromatic rings. The molecule has 2 atom stereocenters. The van der Waals surface area contributed by atoms with Crippen LogP contribution < -0.4 is 20.9 Å². The summed E-state index contributed by atoms with van der Waals surface area (Å²) >= 11 is 0. The summed E-state index contributed by atoms with van der Waals surface area (Å²) in [5, 5.41) is 8.69. The summed E-state index contributed by atoms with van der Waals surface area (Å²) in [6.07, 6.45) is 1.87. The molecule has 2 heterocycles. The molecule has 2 amide bonds. The van der Waals surface area contributed by atoms with E-state index < -0.39 is 12.1 Å². The van der Waals surface area contributed by atoms with Gasteiger partial charge in [-0.15, -0.1) is 0 Å². The second-order valence-electron chi connectivity index (χ2n) is 6.53. The van der Waals surface area contributed by atoms with Crippen molar-refractivity contribution in [1.29, 1.82) is 0 Å². The van der Waals surface area contributed by atoms with Crippen molar-refractivity contribution in [3.63, 3.8) is 0 Å². The van der Waals surface area contributed by atoms with E-state index in [0.29, 0.717) is 13.2 Å². The predicted octanol–water partition coefficient (Wildman–Crippen LogP) is 0.718. The van der Waals surface area contributed by atoms with E-state index >= 15 is 0 Å². The molecule has 3 N–H and O–H groups in total. The zero-order valence-electron chi connectivity index (χ0n) is 14.6. The molecule has 25 heavy (non-hydrogen) atoms. The standard InChI is InChI=1S/C18H26N4O3/c1-13(20-18(24)16-12-19-7-10-25-16)17(23)21-14-5-4-6-15(11-14)22-8-2-3-9-22/h4-6,11,13,16,19H,2-3,7-10,12H2,1H3,(H,20,24)(H,21,23). The third-order valence-electron chi connectivity index (χ3n) is 4.56. The van der Waals surface area contributed by atoms with Crippen molar-refractivity contribution in [1.82, 2.24) is 10.6 Å². The van der Waals surface area contributed by atoms with Gasteiger partial charge in [0.1, 0.15) is 12.1 Å². The number of ether oxygens (including phenoxy) is 1. The first-order valence-corrected chi connectivity index (χ1v) is 8.92. The van der Waals surface area contributed by atoms with Gasteiger partial charge in [-0.25, -0.2) is 0 Å². The summed E-state index contributed by atoms with van der Waals surface area (Å²) in [7, 11) is 0. The highest BCUT2D eigenvalue weighted by molar-refractivity contribution is 5.97. The fourth-order valence-corrected chi connectivity index (χ4v) is 3.11. The number of morpholine rings is 1. The van der Waals surface area contributed by atoms with Gasteiger partial charge in [-0.3, -0.25) is 9.59 Å². The minimum atomic E-state index is -0.631. The SMILES string of the molecule is CC(NC(=O)C1CNCCO1)C(=O)Nc1cccc(N2CCCC2)c1. The van der Waals surface area contributed by atoms with Crippen LogP contribution in [0.15, 0.2) is 24.3 Å². The van der Waals surface area contributed by atoms with Gasteiger partial charge in [-0.05, 0) is 38.0 Å². The van der Waals surface area contributed by atoms with Crippen molar-refractivity contribution in [3.05, 3.63) is 24.3 Å². The zero-order valence-corrected chi connectivity index (χ0v) is 14.6. The van der Waals surface area contributed by atoms with Gasteiger partial charge in [-0.2, -0.15) is 0 Å². The summed E-state index contributed by atoms with van der Waals surface area (Å²) in [6.45, 7) is 5.50. The lowest BCUT2D eigenvalue weighted by molar-refractivity contribution is -0.136. The van der Waals surface area contributed by atoms with Gasteiger partial charge in [0.2, 0.25) is 5.91 Å². The first kappa shape index (κ1) is 17.7. The average Bonchev–Trinajstić information content (AvgIpc) is 3.17. The van der Waals surface area contributed by atoms with E-state index in [1.165, 1.54) is 12.8 Å². The Bertz CT molecular complexity index is 610.